The maximum absolute atomic E-state index is 12.0. The Labute approximate surface area is 116 Å². The van der Waals surface area contributed by atoms with Gasteiger partial charge in [0, 0.05) is 25.7 Å². The molecule has 0 saturated carbocycles. The summed E-state index contributed by atoms with van der Waals surface area (Å²) in [5.41, 5.74) is 5.24. The summed E-state index contributed by atoms with van der Waals surface area (Å²) in [5.74, 6) is -1.66. The van der Waals surface area contributed by atoms with Gasteiger partial charge in [-0.3, -0.25) is 4.79 Å². The Bertz CT molecular complexity index is 627. The van der Waals surface area contributed by atoms with Crippen molar-refractivity contribution in [2.45, 2.75) is 11.8 Å². The van der Waals surface area contributed by atoms with Gasteiger partial charge in [0.25, 0.3) is 0 Å². The molecule has 0 spiro atoms. The van der Waals surface area contributed by atoms with Crippen LogP contribution in [0.4, 0.5) is 5.69 Å². The third-order valence-electron chi connectivity index (χ3n) is 2.32. The first kappa shape index (κ1) is 15.9. The molecule has 0 saturated heterocycles. The molecule has 8 nitrogen and oxygen atoms in total. The van der Waals surface area contributed by atoms with Crippen LogP contribution >= 0.6 is 0 Å². The van der Waals surface area contributed by atoms with Gasteiger partial charge >= 0.3 is 5.97 Å². The van der Waals surface area contributed by atoms with Crippen LogP contribution < -0.4 is 15.8 Å². The van der Waals surface area contributed by atoms with Gasteiger partial charge < -0.3 is 16.2 Å². The number of hydrogen-bond acceptors (Lipinski definition) is 5. The summed E-state index contributed by atoms with van der Waals surface area (Å²) in [6.07, 6.45) is 0. The van der Waals surface area contributed by atoms with Crippen molar-refractivity contribution in [3.63, 3.8) is 0 Å². The third-order valence-corrected chi connectivity index (χ3v) is 3.82. The van der Waals surface area contributed by atoms with Crippen molar-refractivity contribution in [2.75, 3.05) is 18.8 Å². The first-order chi connectivity index (χ1) is 9.24. The molecule has 9 heteroatoms. The molecule has 110 valence electrons. The second kappa shape index (κ2) is 6.35. The molecule has 0 heterocycles. The lowest BCUT2D eigenvalue weighted by molar-refractivity contribution is -0.118. The monoisotopic (exact) mass is 301 g/mol. The number of carboxylic acids is 1. The number of aromatic carboxylic acids is 1. The van der Waals surface area contributed by atoms with Crippen LogP contribution in [-0.4, -0.2) is 38.5 Å². The van der Waals surface area contributed by atoms with Gasteiger partial charge in [-0.05, 0) is 18.2 Å². The van der Waals surface area contributed by atoms with Crippen molar-refractivity contribution in [1.82, 2.24) is 10.0 Å². The zero-order valence-electron chi connectivity index (χ0n) is 10.7. The molecule has 0 aliphatic rings. The lowest BCUT2D eigenvalue weighted by atomic mass is 10.2. The van der Waals surface area contributed by atoms with E-state index in [1.807, 2.05) is 0 Å². The van der Waals surface area contributed by atoms with Crippen LogP contribution in [0.25, 0.3) is 0 Å². The van der Waals surface area contributed by atoms with E-state index in [9.17, 15) is 18.0 Å². The Morgan fingerprint density at radius 1 is 1.30 bits per heavy atom. The largest absolute Gasteiger partial charge is 0.478 e. The van der Waals surface area contributed by atoms with Gasteiger partial charge in [0.2, 0.25) is 15.9 Å². The highest BCUT2D eigenvalue weighted by atomic mass is 32.2. The van der Waals surface area contributed by atoms with Crippen LogP contribution in [-0.2, 0) is 14.8 Å². The molecule has 0 aliphatic carbocycles. The van der Waals surface area contributed by atoms with Gasteiger partial charge in [-0.25, -0.2) is 17.9 Å². The zero-order valence-corrected chi connectivity index (χ0v) is 11.5. The Morgan fingerprint density at radius 3 is 2.50 bits per heavy atom. The van der Waals surface area contributed by atoms with E-state index in [4.69, 9.17) is 10.8 Å². The summed E-state index contributed by atoms with van der Waals surface area (Å²) < 4.78 is 26.2. The van der Waals surface area contributed by atoms with Crippen LogP contribution in [0.1, 0.15) is 17.3 Å². The Balaban J connectivity index is 2.94. The van der Waals surface area contributed by atoms with E-state index in [2.05, 4.69) is 10.0 Å². The first-order valence-corrected chi connectivity index (χ1v) is 7.09. The van der Waals surface area contributed by atoms with E-state index >= 15 is 0 Å². The normalized spacial score (nSPS) is 11.1. The number of nitrogen functional groups attached to an aromatic ring is 1. The second-order valence-electron chi connectivity index (χ2n) is 3.94. The van der Waals surface area contributed by atoms with Gasteiger partial charge in [-0.15, -0.1) is 0 Å². The molecule has 0 atom stereocenters. The number of rotatable bonds is 6. The van der Waals surface area contributed by atoms with Crippen LogP contribution in [0.2, 0.25) is 0 Å². The molecule has 0 aromatic heterocycles. The van der Waals surface area contributed by atoms with Crippen molar-refractivity contribution in [1.29, 1.82) is 0 Å². The number of nitrogens with one attached hydrogen (secondary N) is 2. The molecule has 0 fully saturated rings. The van der Waals surface area contributed by atoms with Crippen molar-refractivity contribution < 1.29 is 23.1 Å². The first-order valence-electron chi connectivity index (χ1n) is 5.61. The quantitative estimate of drug-likeness (QED) is 0.408. The number of hydrogen-bond donors (Lipinski definition) is 4. The summed E-state index contributed by atoms with van der Waals surface area (Å²) >= 11 is 0. The SMILES string of the molecule is CC(=O)NCCNS(=O)(=O)c1cc(N)ccc1C(=O)O. The molecule has 1 amide bonds. The predicted octanol–water partition coefficient (Wildman–Crippen LogP) is -0.619. The van der Waals surface area contributed by atoms with Gasteiger partial charge in [0.05, 0.1) is 10.5 Å². The minimum atomic E-state index is -4.02. The van der Waals surface area contributed by atoms with Crippen molar-refractivity contribution >= 4 is 27.6 Å². The standard InChI is InChI=1S/C11H15N3O5S/c1-7(15)13-4-5-14-20(18,19)10-6-8(12)2-3-9(10)11(16)17/h2-3,6,14H,4-5,12H2,1H3,(H,13,15)(H,16,17). The van der Waals surface area contributed by atoms with E-state index in [1.54, 1.807) is 0 Å². The average molecular weight is 301 g/mol. The predicted molar refractivity (Wildman–Crippen MR) is 71.7 cm³/mol. The molecule has 1 rings (SSSR count). The van der Waals surface area contributed by atoms with Crippen LogP contribution in [0.3, 0.4) is 0 Å². The van der Waals surface area contributed by atoms with E-state index in [0.29, 0.717) is 0 Å². The van der Waals surface area contributed by atoms with Gasteiger partial charge in [-0.2, -0.15) is 0 Å². The number of sulfonamides is 1. The van der Waals surface area contributed by atoms with E-state index < -0.39 is 20.9 Å². The van der Waals surface area contributed by atoms with Crippen molar-refractivity contribution in [3.8, 4) is 0 Å². The number of benzene rings is 1. The second-order valence-corrected chi connectivity index (χ2v) is 5.68. The molecule has 0 radical (unpaired) electrons. The third kappa shape index (κ3) is 4.21. The molecule has 1 aromatic carbocycles. The summed E-state index contributed by atoms with van der Waals surface area (Å²) in [6.45, 7) is 1.34. The van der Waals surface area contributed by atoms with Gasteiger partial charge in [0.1, 0.15) is 0 Å². The molecule has 0 unspecified atom stereocenters. The van der Waals surface area contributed by atoms with Crippen LogP contribution in [0, 0.1) is 0 Å². The maximum Gasteiger partial charge on any atom is 0.337 e. The molecule has 0 bridgehead atoms. The highest BCUT2D eigenvalue weighted by Crippen LogP contribution is 2.19. The number of carboxylic acid groups (broad SMARTS) is 1. The molecule has 0 aliphatic heterocycles. The fraction of sp³-hybridized carbons (Fsp3) is 0.273. The maximum atomic E-state index is 12.0. The highest BCUT2D eigenvalue weighted by Gasteiger charge is 2.22. The highest BCUT2D eigenvalue weighted by molar-refractivity contribution is 7.89. The summed E-state index contributed by atoms with van der Waals surface area (Å²) in [6, 6.07) is 3.50. The number of nitrogens with two attached hydrogens (primary N) is 1. The summed E-state index contributed by atoms with van der Waals surface area (Å²) in [7, 11) is -4.02. The fourth-order valence-electron chi connectivity index (χ4n) is 1.44. The van der Waals surface area contributed by atoms with Crippen LogP contribution in [0.15, 0.2) is 23.1 Å². The molecule has 1 aromatic rings. The minimum Gasteiger partial charge on any atom is -0.478 e. The van der Waals surface area contributed by atoms with E-state index in [0.717, 1.165) is 12.1 Å². The Morgan fingerprint density at radius 2 is 1.95 bits per heavy atom. The van der Waals surface area contributed by atoms with Crippen molar-refractivity contribution in [3.05, 3.63) is 23.8 Å². The van der Waals surface area contributed by atoms with Crippen molar-refractivity contribution in [2.24, 2.45) is 0 Å². The molecule has 5 N–H and O–H groups in total. The average Bonchev–Trinajstić information content (AvgIpc) is 2.34. The van der Waals surface area contributed by atoms with E-state index in [1.165, 1.54) is 13.0 Å². The lowest BCUT2D eigenvalue weighted by Gasteiger charge is -2.10. The topological polar surface area (TPSA) is 139 Å². The molecular formula is C11H15N3O5S. The molecule has 20 heavy (non-hydrogen) atoms. The van der Waals surface area contributed by atoms with Crippen LogP contribution in [0.5, 0.6) is 0 Å². The zero-order chi connectivity index (χ0) is 15.3. The summed E-state index contributed by atoms with van der Waals surface area (Å²) in [4.78, 5) is 21.2. The van der Waals surface area contributed by atoms with Gasteiger partial charge in [-0.1, -0.05) is 0 Å². The smallest absolute Gasteiger partial charge is 0.337 e. The number of amides is 1. The number of carbonyl (C=O) groups is 2. The Kier molecular flexibility index (Phi) is 5.06. The summed E-state index contributed by atoms with van der Waals surface area (Å²) in [5, 5.41) is 11.4. The van der Waals surface area contributed by atoms with Gasteiger partial charge in [0.15, 0.2) is 0 Å². The van der Waals surface area contributed by atoms with E-state index in [-0.39, 0.29) is 30.2 Å². The number of carbonyl (C=O) groups excluding carboxylic acids is 1. The lowest BCUT2D eigenvalue weighted by Crippen LogP contribution is -2.34. The fourth-order valence-corrected chi connectivity index (χ4v) is 2.70. The number of anilines is 1. The Hall–Kier alpha value is -2.13. The molecular weight excluding hydrogens is 286 g/mol. The minimum absolute atomic E-state index is 0.0598.